The van der Waals surface area contributed by atoms with E-state index < -0.39 is 15.8 Å². The molecule has 1 unspecified atom stereocenters. The highest BCUT2D eigenvalue weighted by atomic mass is 35.5. The van der Waals surface area contributed by atoms with Crippen LogP contribution < -0.4 is 5.32 Å². The third-order valence-electron chi connectivity index (χ3n) is 3.02. The molecule has 0 aliphatic rings. The third-order valence-corrected chi connectivity index (χ3v) is 4.71. The Morgan fingerprint density at radius 2 is 1.86 bits per heavy atom. The predicted molar refractivity (Wildman–Crippen MR) is 86.8 cm³/mol. The number of sulfone groups is 1. The number of nitrogens with one attached hydrogen (secondary N) is 1. The summed E-state index contributed by atoms with van der Waals surface area (Å²) in [6, 6.07) is 5.08. The van der Waals surface area contributed by atoms with Gasteiger partial charge in [-0.2, -0.15) is 0 Å². The van der Waals surface area contributed by atoms with Crippen LogP contribution >= 0.6 is 23.2 Å². The van der Waals surface area contributed by atoms with E-state index in [9.17, 15) is 13.2 Å². The van der Waals surface area contributed by atoms with Gasteiger partial charge in [0.15, 0.2) is 0 Å². The van der Waals surface area contributed by atoms with Crippen LogP contribution in [0.4, 0.5) is 0 Å². The highest BCUT2D eigenvalue weighted by Gasteiger charge is 2.24. The third kappa shape index (κ3) is 5.85. The van der Waals surface area contributed by atoms with Gasteiger partial charge in [-0.1, -0.05) is 43.1 Å². The van der Waals surface area contributed by atoms with Crippen LogP contribution in [-0.2, 0) is 14.6 Å². The van der Waals surface area contributed by atoms with Crippen LogP contribution in [0.1, 0.15) is 25.3 Å². The number of hydrogen-bond donors (Lipinski definition) is 1. The molecule has 1 atom stereocenters. The molecule has 1 rings (SSSR count). The van der Waals surface area contributed by atoms with Gasteiger partial charge >= 0.3 is 0 Å². The van der Waals surface area contributed by atoms with Gasteiger partial charge in [0.25, 0.3) is 0 Å². The van der Waals surface area contributed by atoms with Gasteiger partial charge in [-0.05, 0) is 23.6 Å². The molecule has 7 heteroatoms. The van der Waals surface area contributed by atoms with Crippen LogP contribution in [0.15, 0.2) is 18.2 Å². The maximum Gasteiger partial charge on any atom is 0.227 e. The van der Waals surface area contributed by atoms with E-state index in [2.05, 4.69) is 5.32 Å². The molecule has 0 bridgehead atoms. The van der Waals surface area contributed by atoms with Crippen molar-refractivity contribution in [3.63, 3.8) is 0 Å². The molecule has 0 spiro atoms. The number of amides is 1. The van der Waals surface area contributed by atoms with Crippen LogP contribution in [0.5, 0.6) is 0 Å². The zero-order chi connectivity index (χ0) is 16.2. The first-order chi connectivity index (χ1) is 9.61. The molecule has 4 nitrogen and oxygen atoms in total. The molecule has 1 N–H and O–H groups in total. The van der Waals surface area contributed by atoms with Crippen molar-refractivity contribution in [2.24, 2.45) is 5.92 Å². The summed E-state index contributed by atoms with van der Waals surface area (Å²) in [5.41, 5.74) is 0.760. The average molecular weight is 352 g/mol. The number of carbonyl (C=O) groups is 1. The van der Waals surface area contributed by atoms with E-state index in [1.54, 1.807) is 18.2 Å². The summed E-state index contributed by atoms with van der Waals surface area (Å²) in [6.45, 7) is 3.94. The molecule has 0 heterocycles. The lowest BCUT2D eigenvalue weighted by Gasteiger charge is -2.21. The zero-order valence-electron chi connectivity index (χ0n) is 12.2. The molecule has 1 aromatic rings. The van der Waals surface area contributed by atoms with Crippen molar-refractivity contribution in [3.8, 4) is 0 Å². The number of halogens is 2. The fraction of sp³-hybridized carbons (Fsp3) is 0.500. The maximum atomic E-state index is 12.3. The van der Waals surface area contributed by atoms with Crippen molar-refractivity contribution in [1.82, 2.24) is 5.32 Å². The van der Waals surface area contributed by atoms with Crippen LogP contribution in [0.25, 0.3) is 0 Å². The van der Waals surface area contributed by atoms with E-state index >= 15 is 0 Å². The second-order valence-corrected chi connectivity index (χ2v) is 8.39. The lowest BCUT2D eigenvalue weighted by molar-refractivity contribution is -0.123. The molecular weight excluding hydrogens is 333 g/mol. The first-order valence-corrected chi connectivity index (χ1v) is 9.34. The average Bonchev–Trinajstić information content (AvgIpc) is 2.31. The minimum atomic E-state index is -3.10. The van der Waals surface area contributed by atoms with E-state index in [4.69, 9.17) is 23.2 Å². The Bertz CT molecular complexity index is 615. The Hall–Kier alpha value is -0.780. The minimum absolute atomic E-state index is 0.0421. The molecule has 0 aliphatic carbocycles. The monoisotopic (exact) mass is 351 g/mol. The van der Waals surface area contributed by atoms with Crippen LogP contribution in [-0.4, -0.2) is 32.9 Å². The van der Waals surface area contributed by atoms with Crippen molar-refractivity contribution in [2.45, 2.75) is 19.8 Å². The van der Waals surface area contributed by atoms with E-state index in [0.717, 1.165) is 11.8 Å². The number of benzene rings is 1. The van der Waals surface area contributed by atoms with Gasteiger partial charge in [0, 0.05) is 12.8 Å². The standard InChI is InChI=1S/C14H19Cl2NO3S/c1-9(2)13(10-4-5-11(15)12(16)8-10)14(18)17-6-7-21(3,19)20/h4-5,8-9,13H,6-7H2,1-3H3,(H,17,18). The zero-order valence-corrected chi connectivity index (χ0v) is 14.5. The van der Waals surface area contributed by atoms with Crippen molar-refractivity contribution in [2.75, 3.05) is 18.6 Å². The van der Waals surface area contributed by atoms with Crippen molar-refractivity contribution < 1.29 is 13.2 Å². The van der Waals surface area contributed by atoms with Gasteiger partial charge in [0.2, 0.25) is 5.91 Å². The Morgan fingerprint density at radius 3 is 2.33 bits per heavy atom. The van der Waals surface area contributed by atoms with E-state index in [1.807, 2.05) is 13.8 Å². The summed E-state index contributed by atoms with van der Waals surface area (Å²) in [6.07, 6.45) is 1.14. The molecule has 1 amide bonds. The molecule has 0 fully saturated rings. The van der Waals surface area contributed by atoms with Gasteiger partial charge in [0.05, 0.1) is 21.7 Å². The maximum absolute atomic E-state index is 12.3. The first-order valence-electron chi connectivity index (χ1n) is 6.52. The summed E-state index contributed by atoms with van der Waals surface area (Å²) in [5, 5.41) is 3.48. The molecule has 0 saturated heterocycles. The summed E-state index contributed by atoms with van der Waals surface area (Å²) in [5.74, 6) is -0.655. The van der Waals surface area contributed by atoms with Crippen LogP contribution in [0.3, 0.4) is 0 Å². The van der Waals surface area contributed by atoms with Gasteiger partial charge in [-0.3, -0.25) is 4.79 Å². The normalized spacial score (nSPS) is 13.2. The van der Waals surface area contributed by atoms with E-state index in [-0.39, 0.29) is 24.1 Å². The van der Waals surface area contributed by atoms with E-state index in [1.165, 1.54) is 0 Å². The Morgan fingerprint density at radius 1 is 1.24 bits per heavy atom. The number of carbonyl (C=O) groups excluding carboxylic acids is 1. The summed E-state index contributed by atoms with van der Waals surface area (Å²) in [4.78, 5) is 12.3. The first kappa shape index (κ1) is 18.3. The van der Waals surface area contributed by atoms with Crippen molar-refractivity contribution >= 4 is 38.9 Å². The summed E-state index contributed by atoms with van der Waals surface area (Å²) >= 11 is 11.9. The van der Waals surface area contributed by atoms with Crippen LogP contribution in [0, 0.1) is 5.92 Å². The SMILES string of the molecule is CC(C)C(C(=O)NCCS(C)(=O)=O)c1ccc(Cl)c(Cl)c1. The lowest BCUT2D eigenvalue weighted by Crippen LogP contribution is -2.35. The fourth-order valence-corrected chi connectivity index (χ4v) is 2.79. The topological polar surface area (TPSA) is 63.2 Å². The second-order valence-electron chi connectivity index (χ2n) is 5.32. The minimum Gasteiger partial charge on any atom is -0.355 e. The molecule has 0 aromatic heterocycles. The molecule has 1 aromatic carbocycles. The number of hydrogen-bond acceptors (Lipinski definition) is 3. The van der Waals surface area contributed by atoms with Gasteiger partial charge in [0.1, 0.15) is 9.84 Å². The predicted octanol–water partition coefficient (Wildman–Crippen LogP) is 2.89. The van der Waals surface area contributed by atoms with Gasteiger partial charge in [-0.15, -0.1) is 0 Å². The molecule has 0 radical (unpaired) electrons. The highest BCUT2D eigenvalue weighted by Crippen LogP contribution is 2.30. The van der Waals surface area contributed by atoms with Gasteiger partial charge in [-0.25, -0.2) is 8.42 Å². The lowest BCUT2D eigenvalue weighted by atomic mass is 9.87. The highest BCUT2D eigenvalue weighted by molar-refractivity contribution is 7.90. The van der Waals surface area contributed by atoms with Crippen molar-refractivity contribution in [3.05, 3.63) is 33.8 Å². The summed E-state index contributed by atoms with van der Waals surface area (Å²) < 4.78 is 22.2. The fourth-order valence-electron chi connectivity index (χ4n) is 2.01. The van der Waals surface area contributed by atoms with E-state index in [0.29, 0.717) is 10.0 Å². The summed E-state index contributed by atoms with van der Waals surface area (Å²) in [7, 11) is -3.10. The van der Waals surface area contributed by atoms with Crippen LogP contribution in [0.2, 0.25) is 10.0 Å². The second kappa shape index (κ2) is 7.47. The molecular formula is C14H19Cl2NO3S. The quantitative estimate of drug-likeness (QED) is 0.856. The molecule has 0 aliphatic heterocycles. The van der Waals surface area contributed by atoms with Crippen molar-refractivity contribution in [1.29, 1.82) is 0 Å². The number of rotatable bonds is 6. The molecule has 21 heavy (non-hydrogen) atoms. The Balaban J connectivity index is 2.86. The largest absolute Gasteiger partial charge is 0.355 e. The van der Waals surface area contributed by atoms with Gasteiger partial charge < -0.3 is 5.32 Å². The molecule has 0 saturated carbocycles. The Kier molecular flexibility index (Phi) is 6.50. The molecule has 118 valence electrons. The smallest absolute Gasteiger partial charge is 0.227 e. The Labute approximate surface area is 135 Å².